The lowest BCUT2D eigenvalue weighted by atomic mass is 10.2. The zero-order valence-corrected chi connectivity index (χ0v) is 11.7. The van der Waals surface area contributed by atoms with Crippen LogP contribution in [-0.2, 0) is 9.59 Å². The van der Waals surface area contributed by atoms with E-state index in [9.17, 15) is 9.59 Å². The van der Waals surface area contributed by atoms with Crippen LogP contribution < -0.4 is 10.1 Å². The molecule has 1 atom stereocenters. The van der Waals surface area contributed by atoms with Crippen molar-refractivity contribution in [3.8, 4) is 5.75 Å². The molecule has 1 unspecified atom stereocenters. The van der Waals surface area contributed by atoms with Gasteiger partial charge >= 0.3 is 5.97 Å². The molecule has 0 aliphatic heterocycles. The summed E-state index contributed by atoms with van der Waals surface area (Å²) in [4.78, 5) is 22.0. The van der Waals surface area contributed by atoms with Crippen LogP contribution in [0.15, 0.2) is 30.3 Å². The summed E-state index contributed by atoms with van der Waals surface area (Å²) in [5.74, 6) is -0.121. The third-order valence-corrected chi connectivity index (χ3v) is 2.76. The van der Waals surface area contributed by atoms with Gasteiger partial charge in [-0.15, -0.1) is 0 Å². The van der Waals surface area contributed by atoms with Crippen molar-refractivity contribution in [1.82, 2.24) is 5.32 Å². The Bertz CT molecular complexity index is 419. The minimum Gasteiger partial charge on any atom is -0.494 e. The number of hydrogen-bond donors (Lipinski definition) is 2. The molecule has 0 aliphatic rings. The van der Waals surface area contributed by atoms with Crippen LogP contribution in [0, 0.1) is 0 Å². The third kappa shape index (κ3) is 7.41. The molecule has 1 aromatic carbocycles. The zero-order chi connectivity index (χ0) is 14.8. The van der Waals surface area contributed by atoms with Crippen LogP contribution in [0.2, 0.25) is 0 Å². The maximum atomic E-state index is 11.6. The number of nitrogens with one attached hydrogen (secondary N) is 1. The van der Waals surface area contributed by atoms with E-state index in [1.165, 1.54) is 0 Å². The quantitative estimate of drug-likeness (QED) is 0.680. The van der Waals surface area contributed by atoms with Crippen LogP contribution in [0.3, 0.4) is 0 Å². The fourth-order valence-corrected chi connectivity index (χ4v) is 1.70. The van der Waals surface area contributed by atoms with E-state index in [1.807, 2.05) is 30.3 Å². The Labute approximate surface area is 118 Å². The summed E-state index contributed by atoms with van der Waals surface area (Å²) in [6, 6.07) is 9.33. The molecular formula is C15H21NO4. The van der Waals surface area contributed by atoms with E-state index in [1.54, 1.807) is 6.92 Å². The number of carboxylic acids is 1. The van der Waals surface area contributed by atoms with E-state index in [0.29, 0.717) is 25.9 Å². The number of ether oxygens (including phenoxy) is 1. The molecule has 110 valence electrons. The molecule has 0 saturated heterocycles. The minimum absolute atomic E-state index is 0.0680. The number of aliphatic carboxylic acids is 1. The van der Waals surface area contributed by atoms with Gasteiger partial charge in [-0.25, -0.2) is 0 Å². The summed E-state index contributed by atoms with van der Waals surface area (Å²) in [7, 11) is 0. The van der Waals surface area contributed by atoms with Gasteiger partial charge in [-0.2, -0.15) is 0 Å². The predicted molar refractivity (Wildman–Crippen MR) is 75.6 cm³/mol. The normalized spacial score (nSPS) is 11.7. The Kier molecular flexibility index (Phi) is 7.17. The summed E-state index contributed by atoms with van der Waals surface area (Å²) in [5, 5.41) is 11.3. The summed E-state index contributed by atoms with van der Waals surface area (Å²) in [6.45, 7) is 2.29. The summed E-state index contributed by atoms with van der Waals surface area (Å²) in [6.07, 6.45) is 1.52. The average molecular weight is 279 g/mol. The SMILES string of the molecule is CC(CCC(=O)O)NC(=O)CCCOc1ccccc1. The monoisotopic (exact) mass is 279 g/mol. The molecule has 0 aromatic heterocycles. The van der Waals surface area contributed by atoms with Gasteiger partial charge in [0.2, 0.25) is 5.91 Å². The predicted octanol–water partition coefficient (Wildman–Crippen LogP) is 2.22. The Morgan fingerprint density at radius 2 is 1.95 bits per heavy atom. The van der Waals surface area contributed by atoms with Gasteiger partial charge in [0.1, 0.15) is 5.75 Å². The lowest BCUT2D eigenvalue weighted by Crippen LogP contribution is -2.32. The molecule has 5 heteroatoms. The lowest BCUT2D eigenvalue weighted by Gasteiger charge is -2.12. The van der Waals surface area contributed by atoms with E-state index < -0.39 is 5.97 Å². The number of rotatable bonds is 9. The van der Waals surface area contributed by atoms with Crippen molar-refractivity contribution >= 4 is 11.9 Å². The third-order valence-electron chi connectivity index (χ3n) is 2.76. The van der Waals surface area contributed by atoms with Gasteiger partial charge in [-0.1, -0.05) is 18.2 Å². The summed E-state index contributed by atoms with van der Waals surface area (Å²) < 4.78 is 5.48. The smallest absolute Gasteiger partial charge is 0.303 e. The standard InChI is InChI=1S/C15H21NO4/c1-12(9-10-15(18)19)16-14(17)8-5-11-20-13-6-3-2-4-7-13/h2-4,6-7,12H,5,8-11H2,1H3,(H,16,17)(H,18,19). The van der Waals surface area contributed by atoms with Crippen molar-refractivity contribution < 1.29 is 19.4 Å². The molecule has 0 heterocycles. The summed E-state index contributed by atoms with van der Waals surface area (Å²) in [5.41, 5.74) is 0. The van der Waals surface area contributed by atoms with E-state index in [4.69, 9.17) is 9.84 Å². The first kappa shape index (κ1) is 16.0. The lowest BCUT2D eigenvalue weighted by molar-refractivity contribution is -0.137. The number of carboxylic acid groups (broad SMARTS) is 1. The second-order valence-corrected chi connectivity index (χ2v) is 4.67. The van der Waals surface area contributed by atoms with Crippen molar-refractivity contribution in [2.75, 3.05) is 6.61 Å². The number of hydrogen-bond acceptors (Lipinski definition) is 3. The first-order valence-electron chi connectivity index (χ1n) is 6.77. The van der Waals surface area contributed by atoms with Crippen molar-refractivity contribution in [2.24, 2.45) is 0 Å². The molecule has 0 aliphatic carbocycles. The molecule has 20 heavy (non-hydrogen) atoms. The van der Waals surface area contributed by atoms with Crippen LogP contribution in [0.1, 0.15) is 32.6 Å². The Hall–Kier alpha value is -2.04. The topological polar surface area (TPSA) is 75.6 Å². The van der Waals surface area contributed by atoms with Gasteiger partial charge in [0.15, 0.2) is 0 Å². The molecule has 0 bridgehead atoms. The van der Waals surface area contributed by atoms with Gasteiger partial charge < -0.3 is 15.2 Å². The average Bonchev–Trinajstić information content (AvgIpc) is 2.42. The number of amides is 1. The number of carbonyl (C=O) groups is 2. The maximum Gasteiger partial charge on any atom is 0.303 e. The van der Waals surface area contributed by atoms with Crippen molar-refractivity contribution in [3.63, 3.8) is 0 Å². The molecule has 2 N–H and O–H groups in total. The van der Waals surface area contributed by atoms with Crippen molar-refractivity contribution in [3.05, 3.63) is 30.3 Å². The highest BCUT2D eigenvalue weighted by molar-refractivity contribution is 5.76. The maximum absolute atomic E-state index is 11.6. The van der Waals surface area contributed by atoms with E-state index in [-0.39, 0.29) is 18.4 Å². The number of carbonyl (C=O) groups excluding carboxylic acids is 1. The molecule has 0 spiro atoms. The molecule has 1 aromatic rings. The summed E-state index contributed by atoms with van der Waals surface area (Å²) >= 11 is 0. The minimum atomic E-state index is -0.845. The number of benzene rings is 1. The number of para-hydroxylation sites is 1. The van der Waals surface area contributed by atoms with Gasteiger partial charge in [0, 0.05) is 18.9 Å². The molecule has 5 nitrogen and oxygen atoms in total. The van der Waals surface area contributed by atoms with Crippen molar-refractivity contribution in [2.45, 2.75) is 38.6 Å². The molecule has 0 saturated carbocycles. The molecule has 1 rings (SSSR count). The van der Waals surface area contributed by atoms with E-state index >= 15 is 0 Å². The van der Waals surface area contributed by atoms with Crippen LogP contribution >= 0.6 is 0 Å². The van der Waals surface area contributed by atoms with Gasteiger partial charge in [-0.05, 0) is 31.9 Å². The van der Waals surface area contributed by atoms with Crippen LogP contribution in [0.5, 0.6) is 5.75 Å². The highest BCUT2D eigenvalue weighted by Crippen LogP contribution is 2.08. The van der Waals surface area contributed by atoms with Gasteiger partial charge in [0.25, 0.3) is 0 Å². The molecule has 0 radical (unpaired) electrons. The molecule has 1 amide bonds. The molecular weight excluding hydrogens is 258 g/mol. The van der Waals surface area contributed by atoms with Gasteiger partial charge in [-0.3, -0.25) is 9.59 Å². The Balaban J connectivity index is 2.09. The first-order chi connectivity index (χ1) is 9.58. The van der Waals surface area contributed by atoms with E-state index in [0.717, 1.165) is 5.75 Å². The highest BCUT2D eigenvalue weighted by atomic mass is 16.5. The van der Waals surface area contributed by atoms with Crippen LogP contribution in [0.25, 0.3) is 0 Å². The van der Waals surface area contributed by atoms with Gasteiger partial charge in [0.05, 0.1) is 6.61 Å². The second-order valence-electron chi connectivity index (χ2n) is 4.67. The fourth-order valence-electron chi connectivity index (χ4n) is 1.70. The van der Waals surface area contributed by atoms with Crippen LogP contribution in [-0.4, -0.2) is 29.6 Å². The largest absolute Gasteiger partial charge is 0.494 e. The van der Waals surface area contributed by atoms with Crippen LogP contribution in [0.4, 0.5) is 0 Å². The first-order valence-corrected chi connectivity index (χ1v) is 6.77. The molecule has 0 fully saturated rings. The fraction of sp³-hybridized carbons (Fsp3) is 0.467. The highest BCUT2D eigenvalue weighted by Gasteiger charge is 2.08. The van der Waals surface area contributed by atoms with Crippen molar-refractivity contribution in [1.29, 1.82) is 0 Å². The van der Waals surface area contributed by atoms with E-state index in [2.05, 4.69) is 5.32 Å². The zero-order valence-electron chi connectivity index (χ0n) is 11.7. The Morgan fingerprint density at radius 3 is 2.60 bits per heavy atom. The Morgan fingerprint density at radius 1 is 1.25 bits per heavy atom. The second kappa shape index (κ2) is 8.96.